The minimum absolute atomic E-state index is 0.00781. The van der Waals surface area contributed by atoms with E-state index in [0.29, 0.717) is 6.07 Å². The van der Waals surface area contributed by atoms with Gasteiger partial charge >= 0.3 is 12.2 Å². The van der Waals surface area contributed by atoms with Gasteiger partial charge in [0.05, 0.1) is 18.8 Å². The summed E-state index contributed by atoms with van der Waals surface area (Å²) in [5.74, 6) is -4.23. The average Bonchev–Trinajstić information content (AvgIpc) is 3.04. The molecule has 1 aromatic carbocycles. The molecular formula is C20H22F3N3O5. The van der Waals surface area contributed by atoms with Gasteiger partial charge in [-0.05, 0) is 26.8 Å². The molecule has 8 nitrogen and oxygen atoms in total. The molecule has 31 heavy (non-hydrogen) atoms. The lowest BCUT2D eigenvalue weighted by Crippen LogP contribution is -2.38. The van der Waals surface area contributed by atoms with Crippen molar-refractivity contribution >= 4 is 29.3 Å². The second-order valence-corrected chi connectivity index (χ2v) is 8.08. The van der Waals surface area contributed by atoms with Crippen LogP contribution in [-0.4, -0.2) is 49.3 Å². The van der Waals surface area contributed by atoms with Crippen LogP contribution in [0.15, 0.2) is 18.3 Å². The molecule has 0 aliphatic carbocycles. The molecule has 11 heteroatoms. The maximum Gasteiger partial charge on any atom is 0.414 e. The van der Waals surface area contributed by atoms with Crippen molar-refractivity contribution in [3.8, 4) is 0 Å². The summed E-state index contributed by atoms with van der Waals surface area (Å²) in [5, 5.41) is 2.42. The van der Waals surface area contributed by atoms with Crippen molar-refractivity contribution in [2.24, 2.45) is 0 Å². The molecule has 1 atom stereocenters. The summed E-state index contributed by atoms with van der Waals surface area (Å²) in [5.41, 5.74) is -2.00. The lowest BCUT2D eigenvalue weighted by atomic mass is 10.1. The molecule has 1 N–H and O–H groups in total. The van der Waals surface area contributed by atoms with Crippen LogP contribution >= 0.6 is 0 Å². The first-order valence-corrected chi connectivity index (χ1v) is 9.56. The third-order valence-corrected chi connectivity index (χ3v) is 4.48. The number of alkyl carbamates (subject to hydrolysis) is 1. The maximum atomic E-state index is 14.7. The van der Waals surface area contributed by atoms with Crippen LogP contribution in [0, 0.1) is 17.5 Å². The van der Waals surface area contributed by atoms with Crippen LogP contribution in [0.1, 0.15) is 27.2 Å². The van der Waals surface area contributed by atoms with Gasteiger partial charge in [0.25, 0.3) is 0 Å². The smallest absolute Gasteiger partial charge is 0.414 e. The summed E-state index contributed by atoms with van der Waals surface area (Å²) >= 11 is 0. The predicted octanol–water partition coefficient (Wildman–Crippen LogP) is 3.25. The highest BCUT2D eigenvalue weighted by atomic mass is 19.2. The fourth-order valence-corrected chi connectivity index (χ4v) is 3.12. The zero-order chi connectivity index (χ0) is 22.9. The van der Waals surface area contributed by atoms with E-state index in [1.165, 1.54) is 6.20 Å². The molecule has 0 aromatic heterocycles. The summed E-state index contributed by atoms with van der Waals surface area (Å²) in [6.45, 7) is 4.66. The summed E-state index contributed by atoms with van der Waals surface area (Å²) in [6, 6.07) is 0.697. The Morgan fingerprint density at radius 3 is 2.58 bits per heavy atom. The van der Waals surface area contributed by atoms with Crippen LogP contribution in [0.2, 0.25) is 0 Å². The van der Waals surface area contributed by atoms with Crippen LogP contribution in [0.25, 0.3) is 0 Å². The fraction of sp³-hybridized carbons (Fsp3) is 0.450. The highest BCUT2D eigenvalue weighted by Gasteiger charge is 2.36. The first kappa shape index (κ1) is 22.4. The Morgan fingerprint density at radius 2 is 1.97 bits per heavy atom. The second kappa shape index (κ2) is 8.48. The maximum absolute atomic E-state index is 14.7. The molecule has 2 amide bonds. The Balaban J connectivity index is 1.74. The molecule has 0 bridgehead atoms. The summed E-state index contributed by atoms with van der Waals surface area (Å²) in [6.07, 6.45) is -0.263. The van der Waals surface area contributed by atoms with E-state index in [-0.39, 0.29) is 31.8 Å². The summed E-state index contributed by atoms with van der Waals surface area (Å²) in [7, 11) is 0. The number of cyclic esters (lactones) is 1. The first-order valence-electron chi connectivity index (χ1n) is 9.56. The zero-order valence-electron chi connectivity index (χ0n) is 17.2. The number of carbonyl (C=O) groups is 3. The lowest BCUT2D eigenvalue weighted by Gasteiger charge is -2.25. The third kappa shape index (κ3) is 5.09. The Labute approximate surface area is 176 Å². The minimum atomic E-state index is -1.49. The number of benzene rings is 1. The Morgan fingerprint density at radius 1 is 1.26 bits per heavy atom. The second-order valence-electron chi connectivity index (χ2n) is 8.08. The van der Waals surface area contributed by atoms with Gasteiger partial charge in [-0.1, -0.05) is 0 Å². The standard InChI is InChI=1S/C20H22F3N3O5/c1-20(2,3)31-18(28)24-9-12-10-26(19(29)30-12)14-8-13(21)17(16(23)15(14)22)25-6-4-11(27)5-7-25/h4,6,8,12H,5,7,9-10H2,1-3H3,(H,24,28)/t12-/m0/s1. The van der Waals surface area contributed by atoms with E-state index >= 15 is 0 Å². The zero-order valence-corrected chi connectivity index (χ0v) is 17.2. The van der Waals surface area contributed by atoms with Crippen LogP contribution in [0.3, 0.4) is 0 Å². The molecule has 2 aliphatic heterocycles. The van der Waals surface area contributed by atoms with Crippen molar-refractivity contribution in [3.63, 3.8) is 0 Å². The number of carbonyl (C=O) groups excluding carboxylic acids is 3. The highest BCUT2D eigenvalue weighted by molar-refractivity contribution is 5.92. The molecule has 0 radical (unpaired) electrons. The molecule has 168 valence electrons. The fourth-order valence-electron chi connectivity index (χ4n) is 3.12. The van der Waals surface area contributed by atoms with Gasteiger partial charge in [0.1, 0.15) is 17.4 Å². The number of hydrogen-bond acceptors (Lipinski definition) is 6. The number of nitrogens with one attached hydrogen (secondary N) is 1. The molecule has 1 aromatic rings. The number of halogens is 3. The van der Waals surface area contributed by atoms with Gasteiger partial charge in [-0.2, -0.15) is 0 Å². The molecule has 1 saturated heterocycles. The Kier molecular flexibility index (Phi) is 6.14. The quantitative estimate of drug-likeness (QED) is 0.722. The monoisotopic (exact) mass is 441 g/mol. The number of nitrogens with zero attached hydrogens (tertiary/aromatic N) is 2. The topological polar surface area (TPSA) is 88.2 Å². The SMILES string of the molecule is CC(C)(C)OC(=O)NC[C@H]1CN(c2cc(F)c(N3C=CC(=O)CC3)c(F)c2F)C(=O)O1. The van der Waals surface area contributed by atoms with Gasteiger partial charge in [-0.25, -0.2) is 22.8 Å². The molecule has 1 fully saturated rings. The molecule has 2 aliphatic rings. The number of amides is 2. The van der Waals surface area contributed by atoms with E-state index in [4.69, 9.17) is 9.47 Å². The van der Waals surface area contributed by atoms with Crippen LogP contribution in [0.5, 0.6) is 0 Å². The first-order chi connectivity index (χ1) is 14.5. The summed E-state index contributed by atoms with van der Waals surface area (Å²) < 4.78 is 54.2. The van der Waals surface area contributed by atoms with Crippen molar-refractivity contribution in [1.29, 1.82) is 0 Å². The molecule has 2 heterocycles. The van der Waals surface area contributed by atoms with Crippen molar-refractivity contribution in [2.45, 2.75) is 38.9 Å². The van der Waals surface area contributed by atoms with E-state index in [9.17, 15) is 27.6 Å². The van der Waals surface area contributed by atoms with Crippen LogP contribution in [0.4, 0.5) is 34.1 Å². The van der Waals surface area contributed by atoms with Gasteiger partial charge in [-0.15, -0.1) is 0 Å². The molecular weight excluding hydrogens is 419 g/mol. The van der Waals surface area contributed by atoms with E-state index in [1.807, 2.05) is 0 Å². The predicted molar refractivity (Wildman–Crippen MR) is 104 cm³/mol. The number of allylic oxidation sites excluding steroid dienone is 1. The molecule has 0 spiro atoms. The number of anilines is 2. The molecule has 3 rings (SSSR count). The Hall–Kier alpha value is -3.24. The van der Waals surface area contributed by atoms with Crippen molar-refractivity contribution in [3.05, 3.63) is 35.8 Å². The number of hydrogen-bond donors (Lipinski definition) is 1. The number of ketones is 1. The normalized spacial score (nSPS) is 19.0. The van der Waals surface area contributed by atoms with Crippen molar-refractivity contribution in [1.82, 2.24) is 5.32 Å². The van der Waals surface area contributed by atoms with Gasteiger partial charge in [0, 0.05) is 25.2 Å². The Bertz CT molecular complexity index is 945. The van der Waals surface area contributed by atoms with Crippen LogP contribution < -0.4 is 15.1 Å². The van der Waals surface area contributed by atoms with E-state index in [2.05, 4.69) is 5.32 Å². The van der Waals surface area contributed by atoms with Crippen LogP contribution in [-0.2, 0) is 14.3 Å². The van der Waals surface area contributed by atoms with E-state index < -0.39 is 52.7 Å². The van der Waals surface area contributed by atoms with Gasteiger partial charge < -0.3 is 19.7 Å². The largest absolute Gasteiger partial charge is 0.444 e. The van der Waals surface area contributed by atoms with Gasteiger partial charge in [-0.3, -0.25) is 9.69 Å². The molecule has 0 saturated carbocycles. The number of ether oxygens (including phenoxy) is 2. The van der Waals surface area contributed by atoms with E-state index in [1.54, 1.807) is 20.8 Å². The minimum Gasteiger partial charge on any atom is -0.444 e. The average molecular weight is 441 g/mol. The number of rotatable bonds is 4. The third-order valence-electron chi connectivity index (χ3n) is 4.48. The van der Waals surface area contributed by atoms with Crippen molar-refractivity contribution in [2.75, 3.05) is 29.4 Å². The van der Waals surface area contributed by atoms with Gasteiger partial charge in [0.2, 0.25) is 0 Å². The van der Waals surface area contributed by atoms with Gasteiger partial charge in [0.15, 0.2) is 23.2 Å². The molecule has 0 unspecified atom stereocenters. The van der Waals surface area contributed by atoms with E-state index in [0.717, 1.165) is 15.9 Å². The highest BCUT2D eigenvalue weighted by Crippen LogP contribution is 2.35. The summed E-state index contributed by atoms with van der Waals surface area (Å²) in [4.78, 5) is 37.0. The van der Waals surface area contributed by atoms with Crippen molar-refractivity contribution < 1.29 is 37.0 Å². The lowest BCUT2D eigenvalue weighted by molar-refractivity contribution is -0.114.